The van der Waals surface area contributed by atoms with E-state index in [9.17, 15) is 4.79 Å². The fourth-order valence-electron chi connectivity index (χ4n) is 5.88. The summed E-state index contributed by atoms with van der Waals surface area (Å²) in [6, 6.07) is 8.14. The molecular formula is C28H44O2. The number of esters is 1. The summed E-state index contributed by atoms with van der Waals surface area (Å²) in [6.07, 6.45) is 20.5. The number of unbranched alkanes of at least 4 members (excludes halogenated alkanes) is 2. The quantitative estimate of drug-likeness (QED) is 0.220. The van der Waals surface area contributed by atoms with Gasteiger partial charge in [0, 0.05) is 6.42 Å². The van der Waals surface area contributed by atoms with Crippen LogP contribution >= 0.6 is 0 Å². The van der Waals surface area contributed by atoms with Crippen LogP contribution in [0.3, 0.4) is 0 Å². The molecule has 2 heteroatoms. The zero-order valence-corrected chi connectivity index (χ0v) is 19.5. The van der Waals surface area contributed by atoms with Gasteiger partial charge in [-0.15, -0.1) is 0 Å². The number of hydrogen-bond donors (Lipinski definition) is 0. The second-order valence-electron chi connectivity index (χ2n) is 10.1. The Morgan fingerprint density at radius 2 is 1.37 bits per heavy atom. The zero-order chi connectivity index (χ0) is 21.2. The van der Waals surface area contributed by atoms with Crippen molar-refractivity contribution in [2.24, 2.45) is 23.7 Å². The fraction of sp³-hybridized carbons (Fsp3) is 0.750. The molecule has 1 aromatic carbocycles. The van der Waals surface area contributed by atoms with E-state index in [0.29, 0.717) is 12.2 Å². The molecule has 0 N–H and O–H groups in total. The molecule has 168 valence electrons. The van der Waals surface area contributed by atoms with E-state index in [1.165, 1.54) is 89.0 Å². The minimum Gasteiger partial charge on any atom is -0.427 e. The summed E-state index contributed by atoms with van der Waals surface area (Å²) in [5.41, 5.74) is 1.37. The van der Waals surface area contributed by atoms with Crippen LogP contribution in [0.4, 0.5) is 0 Å². The van der Waals surface area contributed by atoms with Crippen molar-refractivity contribution in [2.45, 2.75) is 110 Å². The average Bonchev–Trinajstić information content (AvgIpc) is 2.79. The first-order valence-corrected chi connectivity index (χ1v) is 13.0. The van der Waals surface area contributed by atoms with Crippen molar-refractivity contribution < 1.29 is 9.53 Å². The molecule has 1 aromatic rings. The molecule has 0 aliphatic heterocycles. The normalized spacial score (nSPS) is 27.0. The first-order chi connectivity index (χ1) is 14.7. The lowest BCUT2D eigenvalue weighted by atomic mass is 9.68. The Labute approximate surface area is 185 Å². The number of carbonyl (C=O) groups excluding carboxylic acids is 1. The van der Waals surface area contributed by atoms with Crippen LogP contribution in [0.5, 0.6) is 5.75 Å². The van der Waals surface area contributed by atoms with Gasteiger partial charge in [-0.05, 0) is 79.9 Å². The molecule has 2 aliphatic rings. The van der Waals surface area contributed by atoms with Crippen LogP contribution in [-0.4, -0.2) is 5.97 Å². The van der Waals surface area contributed by atoms with Gasteiger partial charge in [0.2, 0.25) is 0 Å². The second kappa shape index (κ2) is 12.5. The molecule has 2 fully saturated rings. The van der Waals surface area contributed by atoms with Gasteiger partial charge in [0.25, 0.3) is 0 Å². The third kappa shape index (κ3) is 7.43. The largest absolute Gasteiger partial charge is 0.427 e. The summed E-state index contributed by atoms with van der Waals surface area (Å²) in [4.78, 5) is 11.4. The summed E-state index contributed by atoms with van der Waals surface area (Å²) < 4.78 is 5.27. The van der Waals surface area contributed by atoms with Crippen LogP contribution in [0.2, 0.25) is 0 Å². The van der Waals surface area contributed by atoms with Crippen molar-refractivity contribution in [3.63, 3.8) is 0 Å². The molecule has 2 nitrogen and oxygen atoms in total. The van der Waals surface area contributed by atoms with Gasteiger partial charge in [-0.2, -0.15) is 0 Å². The van der Waals surface area contributed by atoms with E-state index in [4.69, 9.17) is 4.74 Å². The molecule has 2 aliphatic carbocycles. The number of carbonyl (C=O) groups is 1. The van der Waals surface area contributed by atoms with Crippen molar-refractivity contribution in [1.82, 2.24) is 0 Å². The zero-order valence-electron chi connectivity index (χ0n) is 19.5. The Hall–Kier alpha value is -1.31. The summed E-state index contributed by atoms with van der Waals surface area (Å²) in [6.45, 7) is 4.14. The van der Waals surface area contributed by atoms with Crippen molar-refractivity contribution in [2.75, 3.05) is 0 Å². The SMILES string of the molecule is CCCCC[C@H]1CC[C@H]([C@H]2CC[C@H](CCc3ccc(OC(=O)CC)cc3)CC2)CC1. The Kier molecular flexibility index (Phi) is 9.75. The highest BCUT2D eigenvalue weighted by atomic mass is 16.5. The van der Waals surface area contributed by atoms with Gasteiger partial charge in [-0.25, -0.2) is 0 Å². The predicted octanol–water partition coefficient (Wildman–Crippen LogP) is 8.13. The van der Waals surface area contributed by atoms with Gasteiger partial charge in [-0.3, -0.25) is 4.79 Å². The standard InChI is InChI=1S/C28H44O2/c1-3-5-6-7-22-10-16-25(17-11-22)26-18-12-23(13-19-26)8-9-24-14-20-27(21-15-24)30-28(29)4-2/h14-15,20-23,25-26H,3-13,16-19H2,1-2H3/t22-,23-,25-,26-. The van der Waals surface area contributed by atoms with Crippen LogP contribution in [0.25, 0.3) is 0 Å². The highest BCUT2D eigenvalue weighted by Gasteiger charge is 2.30. The maximum atomic E-state index is 11.4. The van der Waals surface area contributed by atoms with E-state index in [-0.39, 0.29) is 5.97 Å². The van der Waals surface area contributed by atoms with Crippen LogP contribution in [0, 0.1) is 23.7 Å². The molecule has 0 bridgehead atoms. The van der Waals surface area contributed by atoms with Crippen LogP contribution in [-0.2, 0) is 11.2 Å². The van der Waals surface area contributed by atoms with E-state index in [2.05, 4.69) is 19.1 Å². The van der Waals surface area contributed by atoms with Crippen molar-refractivity contribution >= 4 is 5.97 Å². The number of ether oxygens (including phenoxy) is 1. The number of rotatable bonds is 10. The summed E-state index contributed by atoms with van der Waals surface area (Å²) >= 11 is 0. The summed E-state index contributed by atoms with van der Waals surface area (Å²) in [5.74, 6) is 4.51. The lowest BCUT2D eigenvalue weighted by Crippen LogP contribution is -2.26. The van der Waals surface area contributed by atoms with Gasteiger partial charge in [0.15, 0.2) is 0 Å². The van der Waals surface area contributed by atoms with Gasteiger partial charge in [0.1, 0.15) is 5.75 Å². The van der Waals surface area contributed by atoms with Crippen molar-refractivity contribution in [1.29, 1.82) is 0 Å². The van der Waals surface area contributed by atoms with E-state index >= 15 is 0 Å². The van der Waals surface area contributed by atoms with Crippen LogP contribution in [0.15, 0.2) is 24.3 Å². The van der Waals surface area contributed by atoms with Gasteiger partial charge in [0.05, 0.1) is 0 Å². The first kappa shape index (κ1) is 23.4. The molecule has 0 saturated heterocycles. The number of hydrogen-bond acceptors (Lipinski definition) is 2. The van der Waals surface area contributed by atoms with Crippen molar-refractivity contribution in [3.8, 4) is 5.75 Å². The topological polar surface area (TPSA) is 26.3 Å². The third-order valence-corrected chi connectivity index (χ3v) is 7.95. The van der Waals surface area contributed by atoms with E-state index in [1.807, 2.05) is 19.1 Å². The predicted molar refractivity (Wildman–Crippen MR) is 126 cm³/mol. The molecule has 3 rings (SSSR count). The Morgan fingerprint density at radius 3 is 1.90 bits per heavy atom. The van der Waals surface area contributed by atoms with Gasteiger partial charge in [-0.1, -0.05) is 77.3 Å². The highest BCUT2D eigenvalue weighted by molar-refractivity contribution is 5.71. The van der Waals surface area contributed by atoms with E-state index < -0.39 is 0 Å². The van der Waals surface area contributed by atoms with E-state index in [1.54, 1.807) is 0 Å². The average molecular weight is 413 g/mol. The van der Waals surface area contributed by atoms with E-state index in [0.717, 1.165) is 30.1 Å². The molecule has 2 saturated carbocycles. The lowest BCUT2D eigenvalue weighted by molar-refractivity contribution is -0.134. The fourth-order valence-corrected chi connectivity index (χ4v) is 5.88. The monoisotopic (exact) mass is 412 g/mol. The molecule has 0 atom stereocenters. The van der Waals surface area contributed by atoms with Crippen LogP contribution in [0.1, 0.15) is 109 Å². The molecule has 0 unspecified atom stereocenters. The van der Waals surface area contributed by atoms with Crippen LogP contribution < -0.4 is 4.74 Å². The molecule has 0 amide bonds. The molecular weight excluding hydrogens is 368 g/mol. The number of aryl methyl sites for hydroxylation is 1. The maximum Gasteiger partial charge on any atom is 0.310 e. The Morgan fingerprint density at radius 1 is 0.800 bits per heavy atom. The second-order valence-corrected chi connectivity index (χ2v) is 10.1. The Bertz CT molecular complexity index is 604. The first-order valence-electron chi connectivity index (χ1n) is 13.0. The minimum absolute atomic E-state index is 0.163. The minimum atomic E-state index is -0.163. The number of benzene rings is 1. The lowest BCUT2D eigenvalue weighted by Gasteiger charge is -2.38. The molecule has 0 heterocycles. The molecule has 30 heavy (non-hydrogen) atoms. The molecule has 0 radical (unpaired) electrons. The third-order valence-electron chi connectivity index (χ3n) is 7.95. The highest BCUT2D eigenvalue weighted by Crippen LogP contribution is 2.43. The van der Waals surface area contributed by atoms with Gasteiger partial charge >= 0.3 is 5.97 Å². The molecule has 0 aromatic heterocycles. The summed E-state index contributed by atoms with van der Waals surface area (Å²) in [5, 5.41) is 0. The van der Waals surface area contributed by atoms with Crippen molar-refractivity contribution in [3.05, 3.63) is 29.8 Å². The van der Waals surface area contributed by atoms with Gasteiger partial charge < -0.3 is 4.74 Å². The Balaban J connectivity index is 1.32. The summed E-state index contributed by atoms with van der Waals surface area (Å²) in [7, 11) is 0. The molecule has 0 spiro atoms. The smallest absolute Gasteiger partial charge is 0.310 e. The maximum absolute atomic E-state index is 11.4.